The second-order valence-corrected chi connectivity index (χ2v) is 8.47. The average Bonchev–Trinajstić information content (AvgIpc) is 2.99. The summed E-state index contributed by atoms with van der Waals surface area (Å²) in [6.45, 7) is 7.81. The molecule has 2 amide bonds. The van der Waals surface area contributed by atoms with Crippen molar-refractivity contribution in [3.8, 4) is 0 Å². The van der Waals surface area contributed by atoms with Crippen molar-refractivity contribution < 1.29 is 22.8 Å². The molecule has 1 atom stereocenters. The van der Waals surface area contributed by atoms with Crippen molar-refractivity contribution >= 4 is 40.1 Å². The zero-order valence-electron chi connectivity index (χ0n) is 17.6. The van der Waals surface area contributed by atoms with E-state index in [1.165, 1.54) is 23.1 Å². The van der Waals surface area contributed by atoms with Crippen LogP contribution in [-0.2, 0) is 15.8 Å². The first-order valence-corrected chi connectivity index (χ1v) is 10.7. The van der Waals surface area contributed by atoms with Crippen molar-refractivity contribution in [2.24, 2.45) is 4.99 Å². The Hall–Kier alpha value is -3.07. The highest BCUT2D eigenvalue weighted by molar-refractivity contribution is 8.15. The highest BCUT2D eigenvalue weighted by atomic mass is 32.2. The first-order valence-electron chi connectivity index (χ1n) is 9.81. The predicted molar refractivity (Wildman–Crippen MR) is 121 cm³/mol. The predicted octanol–water partition coefficient (Wildman–Crippen LogP) is 5.47. The van der Waals surface area contributed by atoms with Gasteiger partial charge in [0, 0.05) is 13.0 Å². The monoisotopic (exact) mass is 461 g/mol. The highest BCUT2D eigenvalue weighted by Crippen LogP contribution is 2.36. The van der Waals surface area contributed by atoms with Gasteiger partial charge in [0.05, 0.1) is 16.9 Å². The molecule has 5 nitrogen and oxygen atoms in total. The number of amidine groups is 1. The Balaban J connectivity index is 1.78. The summed E-state index contributed by atoms with van der Waals surface area (Å²) in [4.78, 5) is 31.3. The lowest BCUT2D eigenvalue weighted by Gasteiger charge is -2.15. The molecule has 1 aliphatic heterocycles. The highest BCUT2D eigenvalue weighted by Gasteiger charge is 2.39. The molecule has 3 rings (SSSR count). The maximum atomic E-state index is 13.2. The number of rotatable bonds is 6. The third-order valence-electron chi connectivity index (χ3n) is 4.92. The number of aryl methyl sites for hydroxylation is 2. The van der Waals surface area contributed by atoms with E-state index in [-0.39, 0.29) is 24.6 Å². The van der Waals surface area contributed by atoms with Gasteiger partial charge in [0.1, 0.15) is 5.25 Å². The summed E-state index contributed by atoms with van der Waals surface area (Å²) < 4.78 is 39.5. The van der Waals surface area contributed by atoms with Crippen LogP contribution < -0.4 is 5.32 Å². The number of hydrogen-bond donors (Lipinski definition) is 1. The molecule has 168 valence electrons. The number of carbonyl (C=O) groups is 2. The molecule has 0 aromatic heterocycles. The first kappa shape index (κ1) is 23.6. The Morgan fingerprint density at radius 3 is 2.59 bits per heavy atom. The second kappa shape index (κ2) is 9.60. The third kappa shape index (κ3) is 5.40. The Kier molecular flexibility index (Phi) is 7.08. The molecule has 0 aliphatic carbocycles. The number of nitrogens with one attached hydrogen (secondary N) is 1. The van der Waals surface area contributed by atoms with Crippen LogP contribution in [0.2, 0.25) is 0 Å². The molecule has 32 heavy (non-hydrogen) atoms. The minimum Gasteiger partial charge on any atom is -0.325 e. The van der Waals surface area contributed by atoms with Gasteiger partial charge in [-0.2, -0.15) is 13.2 Å². The van der Waals surface area contributed by atoms with Crippen LogP contribution in [0.3, 0.4) is 0 Å². The number of halogens is 3. The molecule has 0 bridgehead atoms. The summed E-state index contributed by atoms with van der Waals surface area (Å²) in [5.41, 5.74) is 1.55. The summed E-state index contributed by atoms with van der Waals surface area (Å²) in [6, 6.07) is 10.4. The molecule has 1 saturated heterocycles. The summed E-state index contributed by atoms with van der Waals surface area (Å²) >= 11 is 1.12. The van der Waals surface area contributed by atoms with E-state index >= 15 is 0 Å². The minimum absolute atomic E-state index is 0.213. The SMILES string of the molecule is C=CCN1C(=O)[C@H](CC(=O)Nc2ccccc2C(F)(F)F)SC1=Nc1ccc(C)c(C)c1. The van der Waals surface area contributed by atoms with Gasteiger partial charge in [-0.15, -0.1) is 6.58 Å². The number of nitrogens with zero attached hydrogens (tertiary/aromatic N) is 2. The van der Waals surface area contributed by atoms with Crippen LogP contribution in [0, 0.1) is 13.8 Å². The smallest absolute Gasteiger partial charge is 0.325 e. The number of amides is 2. The van der Waals surface area contributed by atoms with Crippen molar-refractivity contribution in [2.45, 2.75) is 31.7 Å². The van der Waals surface area contributed by atoms with Crippen molar-refractivity contribution in [1.82, 2.24) is 4.90 Å². The molecule has 1 fully saturated rings. The van der Waals surface area contributed by atoms with Gasteiger partial charge >= 0.3 is 6.18 Å². The van der Waals surface area contributed by atoms with E-state index in [4.69, 9.17) is 0 Å². The van der Waals surface area contributed by atoms with Gasteiger partial charge < -0.3 is 5.32 Å². The first-order chi connectivity index (χ1) is 15.1. The molecule has 1 heterocycles. The number of carbonyl (C=O) groups excluding carboxylic acids is 2. The number of thioether (sulfide) groups is 1. The number of hydrogen-bond acceptors (Lipinski definition) is 4. The number of para-hydroxylation sites is 1. The largest absolute Gasteiger partial charge is 0.418 e. The lowest BCUT2D eigenvalue weighted by molar-refractivity contribution is -0.137. The van der Waals surface area contributed by atoms with Crippen LogP contribution in [0.25, 0.3) is 0 Å². The molecule has 9 heteroatoms. The van der Waals surface area contributed by atoms with Crippen molar-refractivity contribution in [3.05, 3.63) is 71.8 Å². The second-order valence-electron chi connectivity index (χ2n) is 7.30. The third-order valence-corrected chi connectivity index (χ3v) is 6.10. The van der Waals surface area contributed by atoms with Gasteiger partial charge in [0.15, 0.2) is 5.17 Å². The standard InChI is InChI=1S/C23H22F3N3O2S/c1-4-11-29-21(31)19(32-22(29)27-16-10-9-14(2)15(3)12-16)13-20(30)28-18-8-6-5-7-17(18)23(24,25)26/h4-10,12,19H,1,11,13H2,2-3H3,(H,28,30)/t19-/m0/s1. The fourth-order valence-electron chi connectivity index (χ4n) is 3.14. The van der Waals surface area contributed by atoms with E-state index in [0.29, 0.717) is 10.9 Å². The Labute approximate surface area is 188 Å². The Bertz CT molecular complexity index is 1080. The number of alkyl halides is 3. The zero-order chi connectivity index (χ0) is 23.5. The molecule has 2 aromatic carbocycles. The normalized spacial score (nSPS) is 17.7. The maximum absolute atomic E-state index is 13.2. The van der Waals surface area contributed by atoms with Crippen LogP contribution in [0.5, 0.6) is 0 Å². The van der Waals surface area contributed by atoms with Gasteiger partial charge in [-0.3, -0.25) is 14.5 Å². The Morgan fingerprint density at radius 2 is 1.94 bits per heavy atom. The quantitative estimate of drug-likeness (QED) is 0.581. The zero-order valence-corrected chi connectivity index (χ0v) is 18.4. The van der Waals surface area contributed by atoms with Crippen LogP contribution in [0.1, 0.15) is 23.1 Å². The van der Waals surface area contributed by atoms with Crippen molar-refractivity contribution in [1.29, 1.82) is 0 Å². The van der Waals surface area contributed by atoms with Crippen LogP contribution in [0.15, 0.2) is 60.1 Å². The molecule has 0 spiro atoms. The summed E-state index contributed by atoms with van der Waals surface area (Å²) in [5, 5.41) is 1.92. The van der Waals surface area contributed by atoms with Crippen molar-refractivity contribution in [2.75, 3.05) is 11.9 Å². The lowest BCUT2D eigenvalue weighted by Crippen LogP contribution is -2.33. The molecule has 0 saturated carbocycles. The number of anilines is 1. The Morgan fingerprint density at radius 1 is 1.22 bits per heavy atom. The molecular weight excluding hydrogens is 439 g/mol. The maximum Gasteiger partial charge on any atom is 0.418 e. The van der Waals surface area contributed by atoms with E-state index in [1.54, 1.807) is 6.08 Å². The van der Waals surface area contributed by atoms with Gasteiger partial charge in [-0.25, -0.2) is 4.99 Å². The van der Waals surface area contributed by atoms with E-state index < -0.39 is 22.9 Å². The topological polar surface area (TPSA) is 61.8 Å². The summed E-state index contributed by atoms with van der Waals surface area (Å²) in [5.74, 6) is -1.02. The number of aliphatic imine (C=N–C) groups is 1. The van der Waals surface area contributed by atoms with E-state index in [1.807, 2.05) is 32.0 Å². The molecule has 0 unspecified atom stereocenters. The lowest BCUT2D eigenvalue weighted by atomic mass is 10.1. The fourth-order valence-corrected chi connectivity index (χ4v) is 4.30. The van der Waals surface area contributed by atoms with Crippen LogP contribution >= 0.6 is 11.8 Å². The van der Waals surface area contributed by atoms with E-state index in [9.17, 15) is 22.8 Å². The summed E-state index contributed by atoms with van der Waals surface area (Å²) in [6.07, 6.45) is -3.33. The van der Waals surface area contributed by atoms with Gasteiger partial charge in [0.2, 0.25) is 11.8 Å². The van der Waals surface area contributed by atoms with Crippen molar-refractivity contribution in [3.63, 3.8) is 0 Å². The molecule has 0 radical (unpaired) electrons. The fraction of sp³-hybridized carbons (Fsp3) is 0.261. The van der Waals surface area contributed by atoms with Gasteiger partial charge in [-0.1, -0.05) is 36.0 Å². The molecule has 1 N–H and O–H groups in total. The van der Waals surface area contributed by atoms with Gasteiger partial charge in [0.25, 0.3) is 0 Å². The number of benzene rings is 2. The molecule has 2 aromatic rings. The van der Waals surface area contributed by atoms with Crippen LogP contribution in [0.4, 0.5) is 24.5 Å². The molecular formula is C23H22F3N3O2S. The van der Waals surface area contributed by atoms with E-state index in [0.717, 1.165) is 29.0 Å². The van der Waals surface area contributed by atoms with E-state index in [2.05, 4.69) is 16.9 Å². The molecule has 1 aliphatic rings. The minimum atomic E-state index is -4.60. The average molecular weight is 462 g/mol. The van der Waals surface area contributed by atoms with Gasteiger partial charge in [-0.05, 0) is 49.2 Å². The van der Waals surface area contributed by atoms with Crippen LogP contribution in [-0.4, -0.2) is 33.7 Å². The summed E-state index contributed by atoms with van der Waals surface area (Å²) in [7, 11) is 0.